The van der Waals surface area contributed by atoms with Gasteiger partial charge in [-0.25, -0.2) is 8.78 Å². The summed E-state index contributed by atoms with van der Waals surface area (Å²) in [5, 5.41) is 0. The standard InChI is InChI=1S/C15H29F4NO/c1-2-3-4-5-6-7-8-9-10-13(20)11-21-12-15(18,19)14(16)17/h13-14H,2-12,20H2,1H3. The Bertz CT molecular complexity index is 240. The van der Waals surface area contributed by atoms with Gasteiger partial charge in [0.25, 0.3) is 0 Å². The minimum Gasteiger partial charge on any atom is -0.373 e. The number of nitrogens with two attached hydrogens (primary N) is 1. The predicted octanol–water partition coefficient (Wildman–Crippen LogP) is 4.76. The van der Waals surface area contributed by atoms with Crippen LogP contribution < -0.4 is 5.73 Å². The molecular weight excluding hydrogens is 286 g/mol. The van der Waals surface area contributed by atoms with E-state index >= 15 is 0 Å². The second-order valence-electron chi connectivity index (χ2n) is 5.60. The summed E-state index contributed by atoms with van der Waals surface area (Å²) < 4.78 is 53.5. The van der Waals surface area contributed by atoms with Gasteiger partial charge in [-0.1, -0.05) is 58.3 Å². The molecule has 0 radical (unpaired) electrons. The Morgan fingerprint density at radius 2 is 1.48 bits per heavy atom. The fraction of sp³-hybridized carbons (Fsp3) is 1.00. The van der Waals surface area contributed by atoms with Crippen LogP contribution in [-0.4, -0.2) is 31.6 Å². The molecule has 1 atom stereocenters. The lowest BCUT2D eigenvalue weighted by Crippen LogP contribution is -2.35. The average Bonchev–Trinajstić information content (AvgIpc) is 2.41. The first kappa shape index (κ1) is 20.6. The topological polar surface area (TPSA) is 35.2 Å². The van der Waals surface area contributed by atoms with Gasteiger partial charge < -0.3 is 10.5 Å². The predicted molar refractivity (Wildman–Crippen MR) is 77.0 cm³/mol. The third-order valence-electron chi connectivity index (χ3n) is 3.37. The summed E-state index contributed by atoms with van der Waals surface area (Å²) in [4.78, 5) is 0. The maximum absolute atomic E-state index is 12.6. The summed E-state index contributed by atoms with van der Waals surface area (Å²) in [5.41, 5.74) is 5.70. The quantitative estimate of drug-likeness (QED) is 0.370. The van der Waals surface area contributed by atoms with Crippen LogP contribution in [0.1, 0.15) is 64.7 Å². The first-order valence-electron chi connectivity index (χ1n) is 7.89. The first-order valence-corrected chi connectivity index (χ1v) is 7.89. The van der Waals surface area contributed by atoms with Crippen LogP contribution in [0.4, 0.5) is 17.6 Å². The van der Waals surface area contributed by atoms with Crippen molar-refractivity contribution < 1.29 is 22.3 Å². The summed E-state index contributed by atoms with van der Waals surface area (Å²) in [7, 11) is 0. The van der Waals surface area contributed by atoms with Crippen LogP contribution in [0.2, 0.25) is 0 Å². The van der Waals surface area contributed by atoms with Gasteiger partial charge in [-0.05, 0) is 6.42 Å². The van der Waals surface area contributed by atoms with Gasteiger partial charge in [0.1, 0.15) is 6.61 Å². The van der Waals surface area contributed by atoms with Gasteiger partial charge in [0.2, 0.25) is 0 Å². The largest absolute Gasteiger partial charge is 0.373 e. The van der Waals surface area contributed by atoms with E-state index in [1.807, 2.05) is 0 Å². The fourth-order valence-corrected chi connectivity index (χ4v) is 2.03. The van der Waals surface area contributed by atoms with Crippen molar-refractivity contribution in [2.45, 2.75) is 83.1 Å². The number of alkyl halides is 4. The van der Waals surface area contributed by atoms with E-state index in [2.05, 4.69) is 11.7 Å². The van der Waals surface area contributed by atoms with Crippen molar-refractivity contribution in [3.8, 4) is 0 Å². The summed E-state index contributed by atoms with van der Waals surface area (Å²) >= 11 is 0. The highest BCUT2D eigenvalue weighted by Crippen LogP contribution is 2.22. The van der Waals surface area contributed by atoms with Gasteiger partial charge in [-0.15, -0.1) is 0 Å². The highest BCUT2D eigenvalue weighted by molar-refractivity contribution is 4.69. The second-order valence-corrected chi connectivity index (χ2v) is 5.60. The smallest absolute Gasteiger partial charge is 0.330 e. The summed E-state index contributed by atoms with van der Waals surface area (Å²) in [6, 6.07) is -0.362. The zero-order valence-electron chi connectivity index (χ0n) is 12.9. The Hall–Kier alpha value is -0.360. The number of unbranched alkanes of at least 4 members (excludes halogenated alkanes) is 7. The molecule has 0 aromatic rings. The summed E-state index contributed by atoms with van der Waals surface area (Å²) in [6.45, 7) is 0.815. The molecule has 0 aliphatic rings. The molecule has 2 N–H and O–H groups in total. The lowest BCUT2D eigenvalue weighted by atomic mass is 10.1. The van der Waals surface area contributed by atoms with E-state index in [0.717, 1.165) is 19.3 Å². The number of hydrogen-bond donors (Lipinski definition) is 1. The Morgan fingerprint density at radius 1 is 0.952 bits per heavy atom. The second kappa shape index (κ2) is 12.2. The van der Waals surface area contributed by atoms with E-state index in [4.69, 9.17) is 5.73 Å². The number of hydrogen-bond acceptors (Lipinski definition) is 2. The molecule has 0 rings (SSSR count). The molecule has 0 saturated heterocycles. The molecule has 0 bridgehead atoms. The van der Waals surface area contributed by atoms with Crippen molar-refractivity contribution in [1.29, 1.82) is 0 Å². The van der Waals surface area contributed by atoms with Crippen molar-refractivity contribution in [3.63, 3.8) is 0 Å². The van der Waals surface area contributed by atoms with E-state index in [0.29, 0.717) is 6.42 Å². The van der Waals surface area contributed by atoms with Crippen molar-refractivity contribution >= 4 is 0 Å². The van der Waals surface area contributed by atoms with Crippen molar-refractivity contribution in [2.24, 2.45) is 5.73 Å². The zero-order valence-corrected chi connectivity index (χ0v) is 12.9. The van der Waals surface area contributed by atoms with E-state index in [1.54, 1.807) is 0 Å². The minimum absolute atomic E-state index is 0.0984. The van der Waals surface area contributed by atoms with Crippen LogP contribution in [0.15, 0.2) is 0 Å². The maximum Gasteiger partial charge on any atom is 0.330 e. The Balaban J connectivity index is 3.41. The maximum atomic E-state index is 12.6. The molecule has 6 heteroatoms. The monoisotopic (exact) mass is 315 g/mol. The minimum atomic E-state index is -4.09. The van der Waals surface area contributed by atoms with Gasteiger partial charge >= 0.3 is 12.3 Å². The number of ether oxygens (including phenoxy) is 1. The molecule has 0 amide bonds. The highest BCUT2D eigenvalue weighted by Gasteiger charge is 2.40. The van der Waals surface area contributed by atoms with Crippen LogP contribution >= 0.6 is 0 Å². The van der Waals surface area contributed by atoms with Crippen LogP contribution in [-0.2, 0) is 4.74 Å². The number of rotatable bonds is 14. The molecule has 0 fully saturated rings. The molecule has 1 unspecified atom stereocenters. The van der Waals surface area contributed by atoms with E-state index in [1.165, 1.54) is 32.1 Å². The third-order valence-corrected chi connectivity index (χ3v) is 3.37. The van der Waals surface area contributed by atoms with Crippen LogP contribution in [0, 0.1) is 0 Å². The molecule has 0 saturated carbocycles. The van der Waals surface area contributed by atoms with Crippen LogP contribution in [0.25, 0.3) is 0 Å². The molecule has 0 aromatic carbocycles. The molecule has 0 spiro atoms. The van der Waals surface area contributed by atoms with Crippen LogP contribution in [0.5, 0.6) is 0 Å². The number of halogens is 4. The van der Waals surface area contributed by atoms with Crippen molar-refractivity contribution in [3.05, 3.63) is 0 Å². The van der Waals surface area contributed by atoms with Gasteiger partial charge in [0.05, 0.1) is 6.61 Å². The highest BCUT2D eigenvalue weighted by atomic mass is 19.3. The summed E-state index contributed by atoms with van der Waals surface area (Å²) in [6.07, 6.45) is 6.39. The molecule has 0 aromatic heterocycles. The van der Waals surface area contributed by atoms with Crippen LogP contribution in [0.3, 0.4) is 0 Å². The van der Waals surface area contributed by atoms with Crippen molar-refractivity contribution in [1.82, 2.24) is 0 Å². The van der Waals surface area contributed by atoms with Gasteiger partial charge in [0.15, 0.2) is 0 Å². The normalized spacial score (nSPS) is 13.9. The molecule has 0 aliphatic carbocycles. The lowest BCUT2D eigenvalue weighted by molar-refractivity contribution is -0.166. The fourth-order valence-electron chi connectivity index (χ4n) is 2.03. The van der Waals surface area contributed by atoms with E-state index in [9.17, 15) is 17.6 Å². The Morgan fingerprint density at radius 3 is 2.00 bits per heavy atom. The van der Waals surface area contributed by atoms with Gasteiger partial charge in [-0.2, -0.15) is 8.78 Å². The molecular formula is C15H29F4NO. The first-order chi connectivity index (χ1) is 9.90. The zero-order chi connectivity index (χ0) is 16.1. The van der Waals surface area contributed by atoms with E-state index < -0.39 is 19.0 Å². The molecule has 0 aliphatic heterocycles. The molecule has 0 heterocycles. The van der Waals surface area contributed by atoms with Gasteiger partial charge in [0, 0.05) is 6.04 Å². The lowest BCUT2D eigenvalue weighted by Gasteiger charge is -2.17. The Kier molecular flexibility index (Phi) is 12.0. The Labute approximate surface area is 125 Å². The van der Waals surface area contributed by atoms with Gasteiger partial charge in [-0.3, -0.25) is 0 Å². The molecule has 128 valence electrons. The molecule has 2 nitrogen and oxygen atoms in total. The molecule has 21 heavy (non-hydrogen) atoms. The summed E-state index contributed by atoms with van der Waals surface area (Å²) in [5.74, 6) is -4.09. The van der Waals surface area contributed by atoms with E-state index in [-0.39, 0.29) is 12.6 Å². The average molecular weight is 315 g/mol. The SMILES string of the molecule is CCCCCCCCCCC(N)COCC(F)(F)C(F)F. The van der Waals surface area contributed by atoms with Crippen molar-refractivity contribution in [2.75, 3.05) is 13.2 Å². The third kappa shape index (κ3) is 11.9.